The van der Waals surface area contributed by atoms with Gasteiger partial charge < -0.3 is 34.1 Å². The summed E-state index contributed by atoms with van der Waals surface area (Å²) in [6.45, 7) is 5.91. The smallest absolute Gasteiger partial charge is 0.258 e. The van der Waals surface area contributed by atoms with Crippen molar-refractivity contribution in [3.63, 3.8) is 0 Å². The number of sulfonamides is 1. The number of benzene rings is 3. The number of pyridine rings is 1. The van der Waals surface area contributed by atoms with Gasteiger partial charge in [-0.25, -0.2) is 12.8 Å². The molecule has 2 heterocycles. The second-order valence-electron chi connectivity index (χ2n) is 11.8. The lowest BCUT2D eigenvalue weighted by molar-refractivity contribution is 0.145. The van der Waals surface area contributed by atoms with E-state index in [9.17, 15) is 8.42 Å². The van der Waals surface area contributed by atoms with Crippen molar-refractivity contribution in [1.82, 2.24) is 14.8 Å². The number of anilines is 1. The molecule has 1 aliphatic rings. The second kappa shape index (κ2) is 17.5. The van der Waals surface area contributed by atoms with Crippen LogP contribution < -0.4 is 19.5 Å². The van der Waals surface area contributed by atoms with Crippen molar-refractivity contribution in [2.24, 2.45) is 4.40 Å². The first-order chi connectivity index (χ1) is 24.0. The molecule has 1 aromatic heterocycles. The Hall–Kier alpha value is -3.72. The molecule has 3 aromatic carbocycles. The van der Waals surface area contributed by atoms with E-state index in [0.717, 1.165) is 39.1 Å². The Labute approximate surface area is 302 Å². The summed E-state index contributed by atoms with van der Waals surface area (Å²) in [5, 5.41) is 4.06. The maximum absolute atomic E-state index is 15.4. The number of hydrogen-bond donors (Lipinski definition) is 1. The molecule has 1 N–H and O–H groups in total. The molecule has 0 atom stereocenters. The largest absolute Gasteiger partial charge is 0.493 e. The molecule has 50 heavy (non-hydrogen) atoms. The standard InChI is InChI=1S/C35H40Cl2FN5O6S/c1-42-13-15-43(16-14-42)12-4-17-48-34-22-30-26(21-33(34)47-3)31(9-11-39-30)49-32-8-6-25(20-29(32)38)40-35(10-18-46-2)41-50(44,45)23-24-5-7-27(36)28(37)19-24/h5-9,11,19-22H,4,10,12-18,23H2,1-3H3,(H,40,41). The fraction of sp³-hybridized carbons (Fsp3) is 0.371. The minimum Gasteiger partial charge on any atom is -0.493 e. The van der Waals surface area contributed by atoms with Crippen molar-refractivity contribution < 1.29 is 31.8 Å². The van der Waals surface area contributed by atoms with E-state index in [-0.39, 0.29) is 35.3 Å². The van der Waals surface area contributed by atoms with Crippen molar-refractivity contribution >= 4 is 55.7 Å². The molecular weight excluding hydrogens is 708 g/mol. The van der Waals surface area contributed by atoms with Gasteiger partial charge in [0.25, 0.3) is 10.0 Å². The molecule has 0 bridgehead atoms. The number of methoxy groups -OCH3 is 2. The highest BCUT2D eigenvalue weighted by atomic mass is 35.5. The lowest BCUT2D eigenvalue weighted by atomic mass is 10.1. The molecule has 15 heteroatoms. The molecule has 11 nitrogen and oxygen atoms in total. The summed E-state index contributed by atoms with van der Waals surface area (Å²) in [7, 11) is 1.19. The lowest BCUT2D eigenvalue weighted by Gasteiger charge is -2.32. The number of nitrogens with zero attached hydrogens (tertiary/aromatic N) is 4. The quantitative estimate of drug-likeness (QED) is 0.0785. The van der Waals surface area contributed by atoms with E-state index in [1.807, 2.05) is 0 Å². The Balaban J connectivity index is 1.27. The highest BCUT2D eigenvalue weighted by Gasteiger charge is 2.18. The molecule has 5 rings (SSSR count). The topological polar surface area (TPSA) is 115 Å². The molecule has 0 amide bonds. The van der Waals surface area contributed by atoms with Crippen LogP contribution in [0.3, 0.4) is 0 Å². The number of aromatic nitrogens is 1. The monoisotopic (exact) mass is 747 g/mol. The highest BCUT2D eigenvalue weighted by molar-refractivity contribution is 7.89. The van der Waals surface area contributed by atoms with Crippen LogP contribution in [0, 0.1) is 5.82 Å². The van der Waals surface area contributed by atoms with Gasteiger partial charge in [-0.05, 0) is 55.4 Å². The Bertz CT molecular complexity index is 1930. The van der Waals surface area contributed by atoms with E-state index < -0.39 is 21.6 Å². The molecule has 0 spiro atoms. The number of rotatable bonds is 15. The van der Waals surface area contributed by atoms with E-state index >= 15 is 4.39 Å². The van der Waals surface area contributed by atoms with Crippen LogP contribution in [-0.4, -0.2) is 96.2 Å². The summed E-state index contributed by atoms with van der Waals surface area (Å²) in [6, 6.07) is 13.9. The molecule has 4 aromatic rings. The number of hydrogen-bond acceptors (Lipinski definition) is 9. The van der Waals surface area contributed by atoms with E-state index in [4.69, 9.17) is 42.1 Å². The van der Waals surface area contributed by atoms with Crippen LogP contribution in [0.25, 0.3) is 10.9 Å². The number of nitrogens with one attached hydrogen (secondary N) is 1. The zero-order valence-electron chi connectivity index (χ0n) is 28.1. The Morgan fingerprint density at radius 3 is 2.46 bits per heavy atom. The summed E-state index contributed by atoms with van der Waals surface area (Å²) in [4.78, 5) is 9.24. The van der Waals surface area contributed by atoms with Crippen LogP contribution in [0.2, 0.25) is 10.0 Å². The van der Waals surface area contributed by atoms with Crippen LogP contribution >= 0.6 is 23.2 Å². The fourth-order valence-electron chi connectivity index (χ4n) is 5.35. The van der Waals surface area contributed by atoms with Gasteiger partial charge in [0, 0.05) is 75.7 Å². The summed E-state index contributed by atoms with van der Waals surface area (Å²) in [5.41, 5.74) is 1.28. The number of halogens is 3. The zero-order chi connectivity index (χ0) is 35.7. The van der Waals surface area contributed by atoms with E-state index in [1.54, 1.807) is 43.6 Å². The molecule has 1 saturated heterocycles. The van der Waals surface area contributed by atoms with Gasteiger partial charge in [0.2, 0.25) is 0 Å². The summed E-state index contributed by atoms with van der Waals surface area (Å²) < 4.78 is 68.1. The maximum atomic E-state index is 15.4. The third-order valence-corrected chi connectivity index (χ3v) is 9.96. The van der Waals surface area contributed by atoms with Gasteiger partial charge in [0.15, 0.2) is 23.1 Å². The van der Waals surface area contributed by atoms with Crippen LogP contribution in [0.4, 0.5) is 10.1 Å². The Morgan fingerprint density at radius 1 is 0.940 bits per heavy atom. The third-order valence-electron chi connectivity index (χ3n) is 8.02. The molecule has 0 aliphatic carbocycles. The molecule has 0 unspecified atom stereocenters. The van der Waals surface area contributed by atoms with Gasteiger partial charge in [-0.3, -0.25) is 4.98 Å². The number of ether oxygens (including phenoxy) is 4. The molecule has 268 valence electrons. The fourth-order valence-corrected chi connectivity index (χ4v) is 6.81. The average Bonchev–Trinajstić information content (AvgIpc) is 3.08. The van der Waals surface area contributed by atoms with Gasteiger partial charge in [0.1, 0.15) is 11.6 Å². The predicted molar refractivity (Wildman–Crippen MR) is 195 cm³/mol. The van der Waals surface area contributed by atoms with Crippen LogP contribution in [0.15, 0.2) is 65.2 Å². The molecule has 0 radical (unpaired) electrons. The number of fused-ring (bicyclic) bond motifs is 1. The Kier molecular flexibility index (Phi) is 13.1. The lowest BCUT2D eigenvalue weighted by Crippen LogP contribution is -2.44. The SMILES string of the molecule is COCC/C(=N\S(=O)(=O)Cc1ccc(Cl)c(Cl)c1)Nc1ccc(Oc2ccnc3cc(OCCCN4CCN(C)CC4)c(OC)cc23)c(F)c1. The minimum atomic E-state index is -3.99. The van der Waals surface area contributed by atoms with Crippen LogP contribution in [0.1, 0.15) is 18.4 Å². The number of piperazine rings is 1. The van der Waals surface area contributed by atoms with E-state index in [1.165, 1.54) is 31.4 Å². The second-order valence-corrected chi connectivity index (χ2v) is 14.3. The third kappa shape index (κ3) is 10.4. The molecule has 0 saturated carbocycles. The summed E-state index contributed by atoms with van der Waals surface area (Å²) in [6.07, 6.45) is 2.58. The Morgan fingerprint density at radius 2 is 1.74 bits per heavy atom. The van der Waals surface area contributed by atoms with Crippen LogP contribution in [-0.2, 0) is 20.5 Å². The van der Waals surface area contributed by atoms with Gasteiger partial charge >= 0.3 is 0 Å². The number of amidine groups is 1. The maximum Gasteiger partial charge on any atom is 0.258 e. The van der Waals surface area contributed by atoms with E-state index in [2.05, 4.69) is 31.5 Å². The molecule has 1 fully saturated rings. The summed E-state index contributed by atoms with van der Waals surface area (Å²) >= 11 is 12.0. The zero-order valence-corrected chi connectivity index (χ0v) is 30.5. The van der Waals surface area contributed by atoms with Crippen molar-refractivity contribution in [1.29, 1.82) is 0 Å². The predicted octanol–water partition coefficient (Wildman–Crippen LogP) is 6.87. The summed E-state index contributed by atoms with van der Waals surface area (Å²) in [5.74, 6) is 0.375. The first-order valence-electron chi connectivity index (χ1n) is 16.0. The van der Waals surface area contributed by atoms with Crippen molar-refractivity contribution in [3.05, 3.63) is 82.2 Å². The van der Waals surface area contributed by atoms with Crippen LogP contribution in [0.5, 0.6) is 23.0 Å². The minimum absolute atomic E-state index is 0.0473. The normalized spacial score (nSPS) is 14.6. The van der Waals surface area contributed by atoms with Crippen molar-refractivity contribution in [2.45, 2.75) is 18.6 Å². The molecule has 1 aliphatic heterocycles. The van der Waals surface area contributed by atoms with E-state index in [0.29, 0.717) is 45.3 Å². The first-order valence-corrected chi connectivity index (χ1v) is 18.4. The van der Waals surface area contributed by atoms with Crippen molar-refractivity contribution in [3.8, 4) is 23.0 Å². The highest BCUT2D eigenvalue weighted by Crippen LogP contribution is 2.38. The van der Waals surface area contributed by atoms with Gasteiger partial charge in [-0.15, -0.1) is 4.40 Å². The molecular formula is C35H40Cl2FN5O6S. The van der Waals surface area contributed by atoms with Gasteiger partial charge in [-0.2, -0.15) is 0 Å². The van der Waals surface area contributed by atoms with Crippen molar-refractivity contribution in [2.75, 3.05) is 72.5 Å². The average molecular weight is 749 g/mol. The number of likely N-dealkylation sites (N-methyl/N-ethyl adjacent to an activating group) is 1. The van der Waals surface area contributed by atoms with Gasteiger partial charge in [-0.1, -0.05) is 29.3 Å². The van der Waals surface area contributed by atoms with Gasteiger partial charge in [0.05, 0.1) is 41.6 Å². The first kappa shape index (κ1) is 37.5.